The molecule has 0 aliphatic carbocycles. The molecule has 1 fully saturated rings. The summed E-state index contributed by atoms with van der Waals surface area (Å²) >= 11 is 0. The number of hydrogen-bond acceptors (Lipinski definition) is 6. The topological polar surface area (TPSA) is 104 Å². The van der Waals surface area contributed by atoms with Gasteiger partial charge in [-0.15, -0.1) is 0 Å². The third-order valence-corrected chi connectivity index (χ3v) is 5.47. The van der Waals surface area contributed by atoms with Gasteiger partial charge in [0.2, 0.25) is 10.0 Å². The Kier molecular flexibility index (Phi) is 9.67. The molecule has 170 valence electrons. The minimum absolute atomic E-state index is 0.310. The van der Waals surface area contributed by atoms with Crippen molar-refractivity contribution in [2.24, 2.45) is 4.99 Å². The lowest BCUT2D eigenvalue weighted by molar-refractivity contribution is 0.321. The first-order chi connectivity index (χ1) is 14.3. The van der Waals surface area contributed by atoms with Crippen LogP contribution in [0.1, 0.15) is 25.3 Å². The maximum atomic E-state index is 11.1. The van der Waals surface area contributed by atoms with Crippen LogP contribution in [0.4, 0.5) is 0 Å². The van der Waals surface area contributed by atoms with Gasteiger partial charge in [0, 0.05) is 51.4 Å². The number of nitrogens with zero attached hydrogens (tertiary/aromatic N) is 2. The van der Waals surface area contributed by atoms with Crippen LogP contribution in [0.2, 0.25) is 0 Å². The Balaban J connectivity index is 1.84. The van der Waals surface area contributed by atoms with Gasteiger partial charge in [-0.1, -0.05) is 0 Å². The normalized spacial score (nSPS) is 17.7. The van der Waals surface area contributed by atoms with Crippen LogP contribution in [0.5, 0.6) is 11.5 Å². The van der Waals surface area contributed by atoms with Crippen molar-refractivity contribution in [3.63, 3.8) is 0 Å². The highest BCUT2D eigenvalue weighted by Crippen LogP contribution is 2.24. The van der Waals surface area contributed by atoms with E-state index in [2.05, 4.69) is 25.2 Å². The highest BCUT2D eigenvalue weighted by Gasteiger charge is 2.23. The predicted molar refractivity (Wildman–Crippen MR) is 120 cm³/mol. The summed E-state index contributed by atoms with van der Waals surface area (Å²) in [7, 11) is 0.174. The van der Waals surface area contributed by atoms with Crippen LogP contribution >= 0.6 is 0 Å². The Morgan fingerprint density at radius 2 is 1.93 bits per heavy atom. The Morgan fingerprint density at radius 1 is 1.23 bits per heavy atom. The lowest BCUT2D eigenvalue weighted by Gasteiger charge is -2.19. The zero-order valence-electron chi connectivity index (χ0n) is 18.4. The number of ether oxygens (including phenoxy) is 2. The second-order valence-corrected chi connectivity index (χ2v) is 9.20. The number of hydrogen-bond donors (Lipinski definition) is 3. The zero-order valence-corrected chi connectivity index (χ0v) is 19.2. The highest BCUT2D eigenvalue weighted by molar-refractivity contribution is 7.88. The molecule has 1 atom stereocenters. The lowest BCUT2D eigenvalue weighted by atomic mass is 10.2. The minimum Gasteiger partial charge on any atom is -0.497 e. The van der Waals surface area contributed by atoms with Crippen molar-refractivity contribution < 1.29 is 17.9 Å². The summed E-state index contributed by atoms with van der Waals surface area (Å²) in [6, 6.07) is 6.27. The van der Waals surface area contributed by atoms with E-state index in [4.69, 9.17) is 9.47 Å². The van der Waals surface area contributed by atoms with Crippen molar-refractivity contribution in [1.29, 1.82) is 0 Å². The molecule has 1 aliphatic heterocycles. The van der Waals surface area contributed by atoms with Gasteiger partial charge in [0.15, 0.2) is 5.96 Å². The molecule has 0 spiro atoms. The molecule has 0 saturated carbocycles. The fourth-order valence-corrected chi connectivity index (χ4v) is 3.87. The quantitative estimate of drug-likeness (QED) is 0.265. The van der Waals surface area contributed by atoms with E-state index in [1.165, 1.54) is 0 Å². The zero-order chi connectivity index (χ0) is 22.0. The standard InChI is InChI=1S/C20H35N5O4S/c1-5-21-20(22-8-6-9-23-30(4,26)27)24-17-7-10-25(15-17)14-16-11-18(28-2)13-19(12-16)29-3/h11-13,17,23H,5-10,14-15H2,1-4H3,(H2,21,22,24). The van der Waals surface area contributed by atoms with Gasteiger partial charge >= 0.3 is 0 Å². The molecule has 9 nitrogen and oxygen atoms in total. The van der Waals surface area contributed by atoms with Crippen molar-refractivity contribution in [2.75, 3.05) is 53.2 Å². The van der Waals surface area contributed by atoms with E-state index in [0.29, 0.717) is 25.6 Å². The second kappa shape index (κ2) is 12.0. The monoisotopic (exact) mass is 441 g/mol. The average molecular weight is 442 g/mol. The smallest absolute Gasteiger partial charge is 0.208 e. The van der Waals surface area contributed by atoms with Gasteiger partial charge in [-0.25, -0.2) is 13.1 Å². The van der Waals surface area contributed by atoms with Gasteiger partial charge in [0.1, 0.15) is 11.5 Å². The molecule has 1 unspecified atom stereocenters. The Labute approximate surface area is 180 Å². The Bertz CT molecular complexity index is 778. The molecule has 3 N–H and O–H groups in total. The van der Waals surface area contributed by atoms with Crippen molar-refractivity contribution >= 4 is 16.0 Å². The maximum absolute atomic E-state index is 11.1. The molecule has 1 aromatic rings. The second-order valence-electron chi connectivity index (χ2n) is 7.37. The van der Waals surface area contributed by atoms with E-state index in [1.807, 2.05) is 25.1 Å². The number of rotatable bonds is 11. The highest BCUT2D eigenvalue weighted by atomic mass is 32.2. The number of methoxy groups -OCH3 is 2. The van der Waals surface area contributed by atoms with Crippen LogP contribution in [-0.2, 0) is 16.6 Å². The van der Waals surface area contributed by atoms with Gasteiger partial charge in [-0.05, 0) is 37.5 Å². The van der Waals surface area contributed by atoms with Crippen LogP contribution in [0.25, 0.3) is 0 Å². The third kappa shape index (κ3) is 8.76. The summed E-state index contributed by atoms with van der Waals surface area (Å²) in [5.41, 5.74) is 1.16. The van der Waals surface area contributed by atoms with E-state index in [-0.39, 0.29) is 0 Å². The van der Waals surface area contributed by atoms with Crippen LogP contribution in [0.3, 0.4) is 0 Å². The third-order valence-electron chi connectivity index (χ3n) is 4.74. The number of likely N-dealkylation sites (tertiary alicyclic amines) is 1. The van der Waals surface area contributed by atoms with E-state index in [1.54, 1.807) is 14.2 Å². The van der Waals surface area contributed by atoms with Crippen molar-refractivity contribution in [1.82, 2.24) is 20.3 Å². The number of aliphatic imine (C=N–C) groups is 1. The summed E-state index contributed by atoms with van der Waals surface area (Å²) in [6.07, 6.45) is 2.84. The van der Waals surface area contributed by atoms with E-state index in [0.717, 1.165) is 61.9 Å². The molecule has 1 heterocycles. The number of benzene rings is 1. The molecular formula is C20H35N5O4S. The molecule has 1 saturated heterocycles. The first-order valence-corrected chi connectivity index (χ1v) is 12.2. The van der Waals surface area contributed by atoms with E-state index < -0.39 is 10.0 Å². The predicted octanol–water partition coefficient (Wildman–Crippen LogP) is 0.773. The van der Waals surface area contributed by atoms with Crippen LogP contribution in [-0.4, -0.2) is 78.5 Å². The Hall–Kier alpha value is -2.04. The van der Waals surface area contributed by atoms with E-state index in [9.17, 15) is 8.42 Å². The summed E-state index contributed by atoms with van der Waals surface area (Å²) in [6.45, 7) is 6.48. The van der Waals surface area contributed by atoms with Crippen LogP contribution in [0.15, 0.2) is 23.2 Å². The van der Waals surface area contributed by atoms with Crippen molar-refractivity contribution in [2.45, 2.75) is 32.4 Å². The lowest BCUT2D eigenvalue weighted by Crippen LogP contribution is -2.44. The maximum Gasteiger partial charge on any atom is 0.208 e. The summed E-state index contributed by atoms with van der Waals surface area (Å²) < 4.78 is 35.4. The summed E-state index contributed by atoms with van der Waals surface area (Å²) in [4.78, 5) is 6.95. The first-order valence-electron chi connectivity index (χ1n) is 10.3. The van der Waals surface area contributed by atoms with Crippen LogP contribution in [0, 0.1) is 0 Å². The van der Waals surface area contributed by atoms with Crippen molar-refractivity contribution in [3.8, 4) is 11.5 Å². The molecule has 0 bridgehead atoms. The molecule has 0 radical (unpaired) electrons. The SMILES string of the molecule is CCNC(=NCCCNS(C)(=O)=O)NC1CCN(Cc2cc(OC)cc(OC)c2)C1. The van der Waals surface area contributed by atoms with Gasteiger partial charge in [-0.3, -0.25) is 9.89 Å². The van der Waals surface area contributed by atoms with E-state index >= 15 is 0 Å². The molecule has 1 aromatic carbocycles. The summed E-state index contributed by atoms with van der Waals surface area (Å²) in [5, 5.41) is 6.75. The number of nitrogens with one attached hydrogen (secondary N) is 3. The minimum atomic E-state index is -3.15. The number of guanidine groups is 1. The first kappa shape index (κ1) is 24.2. The molecule has 0 amide bonds. The Morgan fingerprint density at radius 3 is 2.53 bits per heavy atom. The molecule has 0 aromatic heterocycles. The van der Waals surface area contributed by atoms with Gasteiger partial charge in [-0.2, -0.15) is 0 Å². The fourth-order valence-electron chi connectivity index (χ4n) is 3.35. The van der Waals surface area contributed by atoms with Crippen LogP contribution < -0.4 is 24.8 Å². The molecular weight excluding hydrogens is 406 g/mol. The van der Waals surface area contributed by atoms with Gasteiger partial charge < -0.3 is 20.1 Å². The van der Waals surface area contributed by atoms with Gasteiger partial charge in [0.25, 0.3) is 0 Å². The molecule has 10 heteroatoms. The number of sulfonamides is 1. The molecule has 30 heavy (non-hydrogen) atoms. The molecule has 2 rings (SSSR count). The largest absolute Gasteiger partial charge is 0.497 e. The van der Waals surface area contributed by atoms with Gasteiger partial charge in [0.05, 0.1) is 20.5 Å². The molecule has 1 aliphatic rings. The fraction of sp³-hybridized carbons (Fsp3) is 0.650. The summed E-state index contributed by atoms with van der Waals surface area (Å²) in [5.74, 6) is 2.36. The van der Waals surface area contributed by atoms with Crippen molar-refractivity contribution in [3.05, 3.63) is 23.8 Å². The average Bonchev–Trinajstić information content (AvgIpc) is 3.13.